The molecule has 0 radical (unpaired) electrons. The van der Waals surface area contributed by atoms with Crippen LogP contribution in [-0.4, -0.2) is 17.9 Å². The zero-order chi connectivity index (χ0) is 28.6. The maximum Gasteiger partial charge on any atom is 0.245 e. The van der Waals surface area contributed by atoms with Gasteiger partial charge in [0.1, 0.15) is 5.75 Å². The molecule has 6 rings (SSSR count). The fourth-order valence-electron chi connectivity index (χ4n) is 6.53. The van der Waals surface area contributed by atoms with E-state index in [4.69, 9.17) is 4.74 Å². The van der Waals surface area contributed by atoms with E-state index in [9.17, 15) is 0 Å². The highest BCUT2D eigenvalue weighted by Gasteiger charge is 2.54. The molecule has 0 N–H and O–H groups in total. The fraction of sp³-hybridized carbons (Fsp3) is 0.205. The number of hydrogen-bond donors (Lipinski definition) is 0. The quantitative estimate of drug-likeness (QED) is 0.189. The Balaban J connectivity index is 1.77. The summed E-state index contributed by atoms with van der Waals surface area (Å²) in [4.78, 5) is 0. The van der Waals surface area contributed by atoms with Crippen molar-refractivity contribution < 1.29 is 9.31 Å². The average molecular weight is 537 g/mol. The van der Waals surface area contributed by atoms with Crippen molar-refractivity contribution >= 4 is 11.9 Å². The van der Waals surface area contributed by atoms with E-state index in [0.29, 0.717) is 11.8 Å². The molecule has 0 unspecified atom stereocenters. The van der Waals surface area contributed by atoms with E-state index in [1.807, 2.05) is 12.1 Å². The first-order chi connectivity index (χ1) is 20.0. The number of hydrogen-bond acceptors (Lipinski definition) is 1. The van der Waals surface area contributed by atoms with Gasteiger partial charge in [-0.1, -0.05) is 137 Å². The van der Waals surface area contributed by atoms with Crippen LogP contribution >= 0.6 is 0 Å². The van der Waals surface area contributed by atoms with Crippen LogP contribution in [0.5, 0.6) is 5.75 Å². The number of para-hydroxylation sites is 1. The van der Waals surface area contributed by atoms with Crippen LogP contribution in [0.2, 0.25) is 0 Å². The van der Waals surface area contributed by atoms with E-state index in [0.717, 1.165) is 5.75 Å². The SMILES string of the molecule is COc1ccc(-c2cccc3c2C=[N+](c2c(C(C)C)cccc2C(C)C)C3(c2ccccc2)c2ccccc2)cc1. The highest BCUT2D eigenvalue weighted by atomic mass is 16.5. The van der Waals surface area contributed by atoms with Crippen LogP contribution in [0.25, 0.3) is 11.1 Å². The van der Waals surface area contributed by atoms with Crippen LogP contribution in [0, 0.1) is 0 Å². The van der Waals surface area contributed by atoms with E-state index in [1.54, 1.807) is 7.11 Å². The van der Waals surface area contributed by atoms with Gasteiger partial charge in [0.25, 0.3) is 0 Å². The standard InChI is InChI=1S/C39H38NO/c1-27(2)33-18-12-19-34(28(3)4)38(33)40-26-36-35(29-22-24-32(41-5)25-23-29)20-13-21-37(36)39(40,30-14-8-6-9-15-30)31-16-10-7-11-17-31/h6-28H,1-5H3/q+1. The van der Waals surface area contributed by atoms with E-state index < -0.39 is 5.54 Å². The first kappa shape index (κ1) is 26.8. The molecule has 0 aliphatic carbocycles. The van der Waals surface area contributed by atoms with Gasteiger partial charge in [0.05, 0.1) is 12.7 Å². The van der Waals surface area contributed by atoms with Gasteiger partial charge in [-0.3, -0.25) is 0 Å². The van der Waals surface area contributed by atoms with Crippen LogP contribution in [0.1, 0.15) is 72.9 Å². The topological polar surface area (TPSA) is 12.2 Å². The number of nitrogens with zero attached hydrogens (tertiary/aromatic N) is 1. The van der Waals surface area contributed by atoms with Crippen LogP contribution in [0.4, 0.5) is 5.69 Å². The van der Waals surface area contributed by atoms with Gasteiger partial charge in [0, 0.05) is 27.8 Å². The highest BCUT2D eigenvalue weighted by molar-refractivity contribution is 5.94. The zero-order valence-electron chi connectivity index (χ0n) is 24.6. The van der Waals surface area contributed by atoms with Crippen molar-refractivity contribution in [2.75, 3.05) is 7.11 Å². The van der Waals surface area contributed by atoms with Crippen molar-refractivity contribution in [2.45, 2.75) is 45.1 Å². The largest absolute Gasteiger partial charge is 0.497 e. The van der Waals surface area contributed by atoms with Crippen molar-refractivity contribution in [1.29, 1.82) is 0 Å². The molecule has 0 atom stereocenters. The Kier molecular flexibility index (Phi) is 7.09. The minimum atomic E-state index is -0.547. The van der Waals surface area contributed by atoms with Gasteiger partial charge in [0.15, 0.2) is 6.21 Å². The van der Waals surface area contributed by atoms with Gasteiger partial charge >= 0.3 is 0 Å². The van der Waals surface area contributed by atoms with Crippen molar-refractivity contribution in [3.8, 4) is 16.9 Å². The van der Waals surface area contributed by atoms with E-state index in [-0.39, 0.29) is 0 Å². The first-order valence-corrected chi connectivity index (χ1v) is 14.6. The van der Waals surface area contributed by atoms with Crippen LogP contribution in [0.3, 0.4) is 0 Å². The summed E-state index contributed by atoms with van der Waals surface area (Å²) in [6, 6.07) is 44.1. The molecular weight excluding hydrogens is 498 g/mol. The van der Waals surface area contributed by atoms with Crippen molar-refractivity contribution in [2.24, 2.45) is 0 Å². The van der Waals surface area contributed by atoms with Crippen LogP contribution < -0.4 is 4.74 Å². The molecule has 1 aliphatic heterocycles. The maximum absolute atomic E-state index is 5.48. The van der Waals surface area contributed by atoms with Crippen LogP contribution in [-0.2, 0) is 5.54 Å². The Bertz CT molecular complexity index is 1630. The molecule has 204 valence electrons. The summed E-state index contributed by atoms with van der Waals surface area (Å²) < 4.78 is 8.07. The number of fused-ring (bicyclic) bond motifs is 1. The van der Waals surface area contributed by atoms with E-state index >= 15 is 0 Å². The van der Waals surface area contributed by atoms with Gasteiger partial charge in [-0.2, -0.15) is 4.58 Å². The number of ether oxygens (including phenoxy) is 1. The molecule has 0 saturated heterocycles. The molecule has 1 aliphatic rings. The molecule has 5 aromatic carbocycles. The fourth-order valence-corrected chi connectivity index (χ4v) is 6.53. The molecule has 0 bridgehead atoms. The monoisotopic (exact) mass is 536 g/mol. The predicted octanol–water partition coefficient (Wildman–Crippen LogP) is 9.68. The Hall–Kier alpha value is -4.43. The van der Waals surface area contributed by atoms with Crippen molar-refractivity contribution in [1.82, 2.24) is 0 Å². The molecule has 0 aromatic heterocycles. The minimum absolute atomic E-state index is 0.367. The Morgan fingerprint density at radius 3 is 1.63 bits per heavy atom. The first-order valence-electron chi connectivity index (χ1n) is 14.6. The normalized spacial score (nSPS) is 13.8. The molecule has 1 heterocycles. The van der Waals surface area contributed by atoms with Gasteiger partial charge in [-0.25, -0.2) is 0 Å². The molecule has 41 heavy (non-hydrogen) atoms. The van der Waals surface area contributed by atoms with Crippen molar-refractivity contribution in [3.63, 3.8) is 0 Å². The molecule has 0 saturated carbocycles. The third kappa shape index (κ3) is 4.39. The summed E-state index contributed by atoms with van der Waals surface area (Å²) in [5, 5.41) is 0. The lowest BCUT2D eigenvalue weighted by atomic mass is 9.75. The lowest BCUT2D eigenvalue weighted by Crippen LogP contribution is -2.38. The number of benzene rings is 5. The Morgan fingerprint density at radius 2 is 1.12 bits per heavy atom. The second kappa shape index (κ2) is 10.9. The Labute approximate surface area is 244 Å². The predicted molar refractivity (Wildman–Crippen MR) is 171 cm³/mol. The average Bonchev–Trinajstić information content (AvgIpc) is 3.37. The summed E-state index contributed by atoms with van der Waals surface area (Å²) in [6.07, 6.45) is 2.42. The Morgan fingerprint density at radius 1 is 0.585 bits per heavy atom. The lowest BCUT2D eigenvalue weighted by molar-refractivity contribution is -0.508. The maximum atomic E-state index is 5.48. The summed E-state index contributed by atoms with van der Waals surface area (Å²) in [7, 11) is 1.72. The molecule has 2 heteroatoms. The highest BCUT2D eigenvalue weighted by Crippen LogP contribution is 2.51. The number of methoxy groups -OCH3 is 1. The molecule has 0 fully saturated rings. The van der Waals surface area contributed by atoms with Gasteiger partial charge in [-0.15, -0.1) is 0 Å². The van der Waals surface area contributed by atoms with Gasteiger partial charge < -0.3 is 4.74 Å². The number of rotatable bonds is 7. The van der Waals surface area contributed by atoms with Gasteiger partial charge in [0.2, 0.25) is 11.2 Å². The van der Waals surface area contributed by atoms with E-state index in [1.165, 1.54) is 50.2 Å². The second-order valence-electron chi connectivity index (χ2n) is 11.5. The smallest absolute Gasteiger partial charge is 0.245 e. The molecule has 2 nitrogen and oxygen atoms in total. The van der Waals surface area contributed by atoms with E-state index in [2.05, 4.69) is 148 Å². The molecule has 5 aromatic rings. The third-order valence-corrected chi connectivity index (χ3v) is 8.48. The minimum Gasteiger partial charge on any atom is -0.497 e. The van der Waals surface area contributed by atoms with Gasteiger partial charge in [-0.05, 0) is 35.1 Å². The van der Waals surface area contributed by atoms with Crippen molar-refractivity contribution in [3.05, 3.63) is 155 Å². The van der Waals surface area contributed by atoms with Crippen LogP contribution in [0.15, 0.2) is 121 Å². The molecular formula is C39H38NO+. The summed E-state index contributed by atoms with van der Waals surface area (Å²) >= 11 is 0. The summed E-state index contributed by atoms with van der Waals surface area (Å²) in [5.74, 6) is 1.60. The second-order valence-corrected chi connectivity index (χ2v) is 11.5. The third-order valence-electron chi connectivity index (χ3n) is 8.48. The lowest BCUT2D eigenvalue weighted by Gasteiger charge is -2.31. The summed E-state index contributed by atoms with van der Waals surface area (Å²) in [5.41, 5.74) is 10.9. The molecule has 0 spiro atoms. The molecule has 0 amide bonds. The zero-order valence-corrected chi connectivity index (χ0v) is 24.6. The summed E-state index contributed by atoms with van der Waals surface area (Å²) in [6.45, 7) is 9.23.